The van der Waals surface area contributed by atoms with Gasteiger partial charge in [-0.1, -0.05) is 24.6 Å². The summed E-state index contributed by atoms with van der Waals surface area (Å²) >= 11 is 0. The van der Waals surface area contributed by atoms with E-state index in [0.29, 0.717) is 24.0 Å². The Kier molecular flexibility index (Phi) is 7.12. The first-order valence-corrected chi connectivity index (χ1v) is 8.83. The van der Waals surface area contributed by atoms with Crippen LogP contribution in [-0.4, -0.2) is 25.0 Å². The first kappa shape index (κ1) is 20.3. The fraction of sp³-hybridized carbons (Fsp3) is 0.450. The summed E-state index contributed by atoms with van der Waals surface area (Å²) < 4.78 is 11.5. The van der Waals surface area contributed by atoms with E-state index in [1.165, 1.54) is 5.56 Å². The van der Waals surface area contributed by atoms with Crippen molar-refractivity contribution in [3.63, 3.8) is 0 Å². The number of halogens is 1. The summed E-state index contributed by atoms with van der Waals surface area (Å²) in [5.41, 5.74) is 2.29. The molecule has 1 saturated heterocycles. The van der Waals surface area contributed by atoms with Gasteiger partial charge in [0.25, 0.3) is 5.91 Å². The zero-order valence-electron chi connectivity index (χ0n) is 15.5. The largest absolute Gasteiger partial charge is 0.485 e. The third-order valence-corrected chi connectivity index (χ3v) is 4.73. The quantitative estimate of drug-likeness (QED) is 0.834. The monoisotopic (exact) mass is 378 g/mol. The lowest BCUT2D eigenvalue weighted by Gasteiger charge is -2.29. The van der Waals surface area contributed by atoms with Gasteiger partial charge in [-0.3, -0.25) is 4.79 Å². The van der Waals surface area contributed by atoms with Crippen LogP contribution in [0.3, 0.4) is 0 Å². The molecule has 2 N–H and O–H groups in total. The van der Waals surface area contributed by atoms with Crippen LogP contribution in [0.2, 0.25) is 0 Å². The maximum atomic E-state index is 12.4. The van der Waals surface area contributed by atoms with Gasteiger partial charge in [0.15, 0.2) is 5.76 Å². The molecule has 1 amide bonds. The van der Waals surface area contributed by atoms with Gasteiger partial charge in [-0.15, -0.1) is 12.4 Å². The summed E-state index contributed by atoms with van der Waals surface area (Å²) in [6.07, 6.45) is 1.07. The number of rotatable bonds is 5. The Morgan fingerprint density at radius 3 is 2.85 bits per heavy atom. The number of aryl methyl sites for hydroxylation is 2. The summed E-state index contributed by atoms with van der Waals surface area (Å²) in [4.78, 5) is 12.4. The highest BCUT2D eigenvalue weighted by atomic mass is 35.5. The van der Waals surface area contributed by atoms with Gasteiger partial charge in [0.1, 0.15) is 18.1 Å². The molecule has 0 aliphatic carbocycles. The molecule has 1 aliphatic rings. The van der Waals surface area contributed by atoms with Gasteiger partial charge in [-0.2, -0.15) is 0 Å². The fourth-order valence-corrected chi connectivity index (χ4v) is 3.11. The molecule has 3 rings (SSSR count). The molecule has 0 bridgehead atoms. The van der Waals surface area contributed by atoms with Gasteiger partial charge in [0.2, 0.25) is 0 Å². The smallest absolute Gasteiger partial charge is 0.287 e. The summed E-state index contributed by atoms with van der Waals surface area (Å²) in [6, 6.07) is 9.69. The molecule has 0 radical (unpaired) electrons. The first-order chi connectivity index (χ1) is 12.0. The minimum atomic E-state index is -0.168. The van der Waals surface area contributed by atoms with Gasteiger partial charge in [-0.25, -0.2) is 0 Å². The van der Waals surface area contributed by atoms with E-state index in [9.17, 15) is 4.79 Å². The predicted molar refractivity (Wildman–Crippen MR) is 104 cm³/mol. The molecule has 0 spiro atoms. The zero-order valence-corrected chi connectivity index (χ0v) is 16.3. The van der Waals surface area contributed by atoms with E-state index < -0.39 is 0 Å². The molecule has 1 aliphatic heterocycles. The highest BCUT2D eigenvalue weighted by molar-refractivity contribution is 5.91. The number of hydrogen-bond donors (Lipinski definition) is 2. The molecular formula is C20H27ClN2O3. The average molecular weight is 379 g/mol. The Hall–Kier alpha value is -1.98. The van der Waals surface area contributed by atoms with Crippen molar-refractivity contribution in [3.8, 4) is 5.75 Å². The Morgan fingerprint density at radius 1 is 1.31 bits per heavy atom. The van der Waals surface area contributed by atoms with E-state index in [0.717, 1.165) is 30.8 Å². The molecule has 1 aromatic carbocycles. The van der Waals surface area contributed by atoms with Crippen LogP contribution in [0.4, 0.5) is 0 Å². The molecule has 2 atom stereocenters. The van der Waals surface area contributed by atoms with E-state index in [1.807, 2.05) is 19.1 Å². The SMILES string of the molecule is Cc1ccc(OCc2ccc(C(=O)NC3CNCCC3C)o2)c(C)c1.Cl. The van der Waals surface area contributed by atoms with E-state index in [2.05, 4.69) is 30.5 Å². The summed E-state index contributed by atoms with van der Waals surface area (Å²) in [7, 11) is 0. The van der Waals surface area contributed by atoms with Crippen LogP contribution >= 0.6 is 12.4 Å². The Labute approximate surface area is 160 Å². The number of nitrogens with one attached hydrogen (secondary N) is 2. The van der Waals surface area contributed by atoms with Gasteiger partial charge in [0, 0.05) is 12.6 Å². The van der Waals surface area contributed by atoms with Crippen molar-refractivity contribution in [2.24, 2.45) is 5.92 Å². The molecule has 0 saturated carbocycles. The molecular weight excluding hydrogens is 352 g/mol. The topological polar surface area (TPSA) is 63.5 Å². The summed E-state index contributed by atoms with van der Waals surface area (Å²) in [5.74, 6) is 2.10. The highest BCUT2D eigenvalue weighted by Gasteiger charge is 2.24. The molecule has 2 unspecified atom stereocenters. The molecule has 26 heavy (non-hydrogen) atoms. The molecule has 5 nitrogen and oxygen atoms in total. The molecule has 1 fully saturated rings. The second kappa shape index (κ2) is 9.10. The lowest BCUT2D eigenvalue weighted by molar-refractivity contribution is 0.0883. The number of furan rings is 1. The van der Waals surface area contributed by atoms with Gasteiger partial charge < -0.3 is 19.8 Å². The number of carbonyl (C=O) groups excluding carboxylic acids is 1. The molecule has 142 valence electrons. The van der Waals surface area contributed by atoms with Crippen LogP contribution < -0.4 is 15.4 Å². The average Bonchev–Trinajstić information content (AvgIpc) is 3.05. The lowest BCUT2D eigenvalue weighted by atomic mass is 9.95. The van der Waals surface area contributed by atoms with Crippen LogP contribution in [0.5, 0.6) is 5.75 Å². The van der Waals surface area contributed by atoms with Crippen LogP contribution in [0, 0.1) is 19.8 Å². The Morgan fingerprint density at radius 2 is 2.12 bits per heavy atom. The van der Waals surface area contributed by atoms with Crippen molar-refractivity contribution in [3.05, 3.63) is 53.0 Å². The van der Waals surface area contributed by atoms with Crippen LogP contribution in [-0.2, 0) is 6.61 Å². The second-order valence-electron chi connectivity index (χ2n) is 6.87. The third kappa shape index (κ3) is 5.02. The Balaban J connectivity index is 0.00000243. The summed E-state index contributed by atoms with van der Waals surface area (Å²) in [6.45, 7) is 8.35. The predicted octanol–water partition coefficient (Wildman–Crippen LogP) is 3.63. The maximum absolute atomic E-state index is 12.4. The van der Waals surface area contributed by atoms with Crippen molar-refractivity contribution >= 4 is 18.3 Å². The van der Waals surface area contributed by atoms with Crippen molar-refractivity contribution in [2.75, 3.05) is 13.1 Å². The second-order valence-corrected chi connectivity index (χ2v) is 6.87. The van der Waals surface area contributed by atoms with Crippen LogP contribution in [0.1, 0.15) is 40.8 Å². The first-order valence-electron chi connectivity index (χ1n) is 8.83. The number of carbonyl (C=O) groups is 1. The van der Waals surface area contributed by atoms with Crippen molar-refractivity contribution < 1.29 is 13.9 Å². The van der Waals surface area contributed by atoms with Gasteiger partial charge >= 0.3 is 0 Å². The molecule has 6 heteroatoms. The molecule has 1 aromatic heterocycles. The van der Waals surface area contributed by atoms with E-state index in [4.69, 9.17) is 9.15 Å². The third-order valence-electron chi connectivity index (χ3n) is 4.73. The molecule has 2 heterocycles. The van der Waals surface area contributed by atoms with E-state index >= 15 is 0 Å². The zero-order chi connectivity index (χ0) is 17.8. The van der Waals surface area contributed by atoms with Crippen LogP contribution in [0.15, 0.2) is 34.7 Å². The minimum Gasteiger partial charge on any atom is -0.485 e. The minimum absolute atomic E-state index is 0. The number of ether oxygens (including phenoxy) is 1. The van der Waals surface area contributed by atoms with Crippen molar-refractivity contribution in [2.45, 2.75) is 39.8 Å². The fourth-order valence-electron chi connectivity index (χ4n) is 3.11. The standard InChI is InChI=1S/C20H26N2O3.ClH/c1-13-4-6-18(15(3)10-13)24-12-16-5-7-19(25-16)20(23)22-17-11-21-9-8-14(17)2;/h4-7,10,14,17,21H,8-9,11-12H2,1-3H3,(H,22,23);1H. The lowest BCUT2D eigenvalue weighted by Crippen LogP contribution is -2.50. The normalized spacial score (nSPS) is 19.5. The van der Waals surface area contributed by atoms with Gasteiger partial charge in [-0.05, 0) is 56.5 Å². The number of amides is 1. The number of benzene rings is 1. The van der Waals surface area contributed by atoms with Crippen molar-refractivity contribution in [1.82, 2.24) is 10.6 Å². The maximum Gasteiger partial charge on any atom is 0.287 e. The highest BCUT2D eigenvalue weighted by Crippen LogP contribution is 2.21. The van der Waals surface area contributed by atoms with Crippen molar-refractivity contribution in [1.29, 1.82) is 0 Å². The summed E-state index contributed by atoms with van der Waals surface area (Å²) in [5, 5.41) is 6.36. The van der Waals surface area contributed by atoms with Crippen LogP contribution in [0.25, 0.3) is 0 Å². The van der Waals surface area contributed by atoms with E-state index in [1.54, 1.807) is 12.1 Å². The number of piperidine rings is 1. The Bertz CT molecular complexity index is 744. The van der Waals surface area contributed by atoms with Gasteiger partial charge in [0.05, 0.1) is 0 Å². The van der Waals surface area contributed by atoms with E-state index in [-0.39, 0.29) is 24.4 Å². The molecule has 2 aromatic rings. The number of hydrogen-bond acceptors (Lipinski definition) is 4.